The van der Waals surface area contributed by atoms with Gasteiger partial charge in [0, 0.05) is 27.8 Å². The van der Waals surface area contributed by atoms with E-state index in [9.17, 15) is 0 Å². The Labute approximate surface area is 130 Å². The first-order valence-electron chi connectivity index (χ1n) is 5.77. The fourth-order valence-corrected chi connectivity index (χ4v) is 2.61. The number of nitrogens with zero attached hydrogens (tertiary/aromatic N) is 2. The summed E-state index contributed by atoms with van der Waals surface area (Å²) in [4.78, 5) is 8.30. The van der Waals surface area contributed by atoms with E-state index in [0.29, 0.717) is 6.61 Å². The molecule has 0 bridgehead atoms. The molecule has 2 aromatic heterocycles. The average Bonchev–Trinajstić information content (AvgIpc) is 2.44. The van der Waals surface area contributed by atoms with Crippen LogP contribution in [0.25, 0.3) is 0 Å². The Morgan fingerprint density at radius 1 is 1.37 bits per heavy atom. The van der Waals surface area contributed by atoms with Crippen molar-refractivity contribution in [3.05, 3.63) is 46.4 Å². The van der Waals surface area contributed by atoms with Gasteiger partial charge in [-0.15, -0.1) is 11.8 Å². The van der Waals surface area contributed by atoms with E-state index in [-0.39, 0.29) is 6.04 Å². The summed E-state index contributed by atoms with van der Waals surface area (Å²) in [5.41, 5.74) is 6.01. The minimum Gasteiger partial charge on any atom is -0.490 e. The van der Waals surface area contributed by atoms with Crippen LogP contribution in [0, 0.1) is 3.57 Å². The summed E-state index contributed by atoms with van der Waals surface area (Å²) < 4.78 is 6.66. The lowest BCUT2D eigenvalue weighted by molar-refractivity contribution is 0.296. The van der Waals surface area contributed by atoms with Crippen molar-refractivity contribution in [1.29, 1.82) is 0 Å². The first kappa shape index (κ1) is 14.5. The van der Waals surface area contributed by atoms with Crippen LogP contribution in [0.4, 0.5) is 0 Å². The Morgan fingerprint density at radius 3 is 3.00 bits per heavy atom. The van der Waals surface area contributed by atoms with Crippen LogP contribution in [-0.2, 0) is 0 Å². The zero-order valence-electron chi connectivity index (χ0n) is 10.2. The minimum atomic E-state index is -0.0372. The normalized spacial score (nSPS) is 12.1. The van der Waals surface area contributed by atoms with E-state index < -0.39 is 0 Å². The molecule has 100 valence electrons. The van der Waals surface area contributed by atoms with Crippen molar-refractivity contribution in [2.45, 2.75) is 11.1 Å². The summed E-state index contributed by atoms with van der Waals surface area (Å²) in [7, 11) is 0. The van der Waals surface area contributed by atoms with Crippen LogP contribution in [0.5, 0.6) is 5.75 Å². The summed E-state index contributed by atoms with van der Waals surface area (Å²) in [5.74, 6) is 1.53. The maximum atomic E-state index is 6.01. The van der Waals surface area contributed by atoms with E-state index in [0.717, 1.165) is 20.1 Å². The molecule has 6 heteroatoms. The first-order valence-corrected chi connectivity index (χ1v) is 7.83. The topological polar surface area (TPSA) is 61.0 Å². The van der Waals surface area contributed by atoms with Gasteiger partial charge >= 0.3 is 0 Å². The number of aromatic nitrogens is 2. The van der Waals surface area contributed by atoms with Gasteiger partial charge in [0.15, 0.2) is 0 Å². The zero-order chi connectivity index (χ0) is 13.5. The number of halogens is 1. The standard InChI is InChI=1S/C13H14IN3OS/c14-10-5-12(7-16-6-10)18-8-11(15)9-19-13-3-1-2-4-17-13/h1-7,11H,8-9,15H2/t11-/m1/s1. The molecule has 2 aromatic rings. The largest absolute Gasteiger partial charge is 0.490 e. The highest BCUT2D eigenvalue weighted by Gasteiger charge is 2.06. The van der Waals surface area contributed by atoms with Crippen LogP contribution in [0.3, 0.4) is 0 Å². The highest BCUT2D eigenvalue weighted by Crippen LogP contribution is 2.16. The lowest BCUT2D eigenvalue weighted by atomic mass is 10.4. The van der Waals surface area contributed by atoms with Gasteiger partial charge in [0.25, 0.3) is 0 Å². The van der Waals surface area contributed by atoms with Gasteiger partial charge in [0.2, 0.25) is 0 Å². The van der Waals surface area contributed by atoms with Crippen molar-refractivity contribution < 1.29 is 4.74 Å². The Kier molecular flexibility index (Phi) is 5.87. The fraction of sp³-hybridized carbons (Fsp3) is 0.231. The van der Waals surface area contributed by atoms with Crippen molar-refractivity contribution in [3.8, 4) is 5.75 Å². The molecule has 0 aliphatic carbocycles. The molecular formula is C13H14IN3OS. The number of rotatable bonds is 6. The molecule has 0 aromatic carbocycles. The van der Waals surface area contributed by atoms with E-state index >= 15 is 0 Å². The van der Waals surface area contributed by atoms with Crippen LogP contribution in [0.1, 0.15) is 0 Å². The van der Waals surface area contributed by atoms with Gasteiger partial charge in [-0.1, -0.05) is 6.07 Å². The highest BCUT2D eigenvalue weighted by atomic mass is 127. The molecule has 0 saturated carbocycles. The quantitative estimate of drug-likeness (QED) is 0.610. The SMILES string of the molecule is N[C@H](COc1cncc(I)c1)CSc1ccccn1. The molecule has 0 amide bonds. The summed E-state index contributed by atoms with van der Waals surface area (Å²) in [5, 5.41) is 0.980. The molecule has 0 aliphatic heterocycles. The molecule has 0 aliphatic rings. The third kappa shape index (κ3) is 5.33. The Morgan fingerprint density at radius 2 is 2.26 bits per heavy atom. The van der Waals surface area contributed by atoms with Gasteiger partial charge in [-0.25, -0.2) is 4.98 Å². The summed E-state index contributed by atoms with van der Waals surface area (Å²) in [6, 6.07) is 7.74. The molecule has 2 N–H and O–H groups in total. The number of pyridine rings is 2. The number of thioether (sulfide) groups is 1. The molecule has 0 saturated heterocycles. The highest BCUT2D eigenvalue weighted by molar-refractivity contribution is 14.1. The van der Waals surface area contributed by atoms with Crippen LogP contribution in [-0.4, -0.2) is 28.4 Å². The molecule has 1 atom stereocenters. The zero-order valence-corrected chi connectivity index (χ0v) is 13.2. The van der Waals surface area contributed by atoms with Gasteiger partial charge < -0.3 is 10.5 Å². The van der Waals surface area contributed by atoms with Crippen molar-refractivity contribution in [1.82, 2.24) is 9.97 Å². The second-order valence-corrected chi connectivity index (χ2v) is 6.17. The lowest BCUT2D eigenvalue weighted by Crippen LogP contribution is -2.30. The predicted octanol–water partition coefficient (Wildman–Crippen LogP) is 2.58. The van der Waals surface area contributed by atoms with Crippen LogP contribution >= 0.6 is 34.4 Å². The molecule has 2 rings (SSSR count). The summed E-state index contributed by atoms with van der Waals surface area (Å²) in [6.45, 7) is 0.474. The second kappa shape index (κ2) is 7.66. The summed E-state index contributed by atoms with van der Waals surface area (Å²) in [6.07, 6.45) is 5.26. The van der Waals surface area contributed by atoms with E-state index in [1.165, 1.54) is 0 Å². The van der Waals surface area contributed by atoms with Gasteiger partial charge in [-0.05, 0) is 40.8 Å². The van der Waals surface area contributed by atoms with Crippen LogP contribution in [0.2, 0.25) is 0 Å². The summed E-state index contributed by atoms with van der Waals surface area (Å²) >= 11 is 3.83. The number of hydrogen-bond donors (Lipinski definition) is 1. The molecule has 0 fully saturated rings. The van der Waals surface area contributed by atoms with E-state index in [4.69, 9.17) is 10.5 Å². The number of nitrogens with two attached hydrogens (primary N) is 1. The third-order valence-electron chi connectivity index (χ3n) is 2.23. The fourth-order valence-electron chi connectivity index (χ4n) is 1.35. The lowest BCUT2D eigenvalue weighted by Gasteiger charge is -2.12. The van der Waals surface area contributed by atoms with Crippen molar-refractivity contribution in [3.63, 3.8) is 0 Å². The van der Waals surface area contributed by atoms with Crippen molar-refractivity contribution >= 4 is 34.4 Å². The predicted molar refractivity (Wildman–Crippen MR) is 85.4 cm³/mol. The van der Waals surface area contributed by atoms with Crippen LogP contribution in [0.15, 0.2) is 47.9 Å². The van der Waals surface area contributed by atoms with Crippen molar-refractivity contribution in [2.24, 2.45) is 5.73 Å². The van der Waals surface area contributed by atoms with E-state index in [1.54, 1.807) is 30.4 Å². The van der Waals surface area contributed by atoms with Crippen LogP contribution < -0.4 is 10.5 Å². The monoisotopic (exact) mass is 387 g/mol. The first-order chi connectivity index (χ1) is 9.24. The smallest absolute Gasteiger partial charge is 0.138 e. The number of ether oxygens (including phenoxy) is 1. The molecular weight excluding hydrogens is 373 g/mol. The third-order valence-corrected chi connectivity index (χ3v) is 3.95. The van der Waals surface area contributed by atoms with E-state index in [2.05, 4.69) is 32.6 Å². The van der Waals surface area contributed by atoms with Crippen molar-refractivity contribution in [2.75, 3.05) is 12.4 Å². The Balaban J connectivity index is 1.74. The van der Waals surface area contributed by atoms with E-state index in [1.807, 2.05) is 24.3 Å². The maximum Gasteiger partial charge on any atom is 0.138 e. The molecule has 2 heterocycles. The van der Waals surface area contributed by atoms with Gasteiger partial charge in [-0.2, -0.15) is 0 Å². The minimum absolute atomic E-state index is 0.0372. The molecule has 0 spiro atoms. The maximum absolute atomic E-state index is 6.01. The Hall–Kier alpha value is -0.860. The molecule has 0 unspecified atom stereocenters. The molecule has 19 heavy (non-hydrogen) atoms. The second-order valence-electron chi connectivity index (χ2n) is 3.89. The molecule has 0 radical (unpaired) electrons. The molecule has 4 nitrogen and oxygen atoms in total. The Bertz CT molecular complexity index is 512. The van der Waals surface area contributed by atoms with Gasteiger partial charge in [0.05, 0.1) is 11.2 Å². The number of hydrogen-bond acceptors (Lipinski definition) is 5. The van der Waals surface area contributed by atoms with Gasteiger partial charge in [0.1, 0.15) is 12.4 Å². The average molecular weight is 387 g/mol. The van der Waals surface area contributed by atoms with Gasteiger partial charge in [-0.3, -0.25) is 4.98 Å².